The number of halogens is 2. The molecule has 0 aliphatic carbocycles. The first-order chi connectivity index (χ1) is 18.7. The van der Waals surface area contributed by atoms with Gasteiger partial charge in [-0.2, -0.15) is 0 Å². The van der Waals surface area contributed by atoms with E-state index in [-0.39, 0.29) is 40.3 Å². The second-order valence-electron chi connectivity index (χ2n) is 9.17. The molecule has 3 N–H and O–H groups in total. The van der Waals surface area contributed by atoms with Gasteiger partial charge in [0.2, 0.25) is 15.7 Å². The van der Waals surface area contributed by atoms with Gasteiger partial charge < -0.3 is 20.4 Å². The van der Waals surface area contributed by atoms with Crippen molar-refractivity contribution in [3.8, 4) is 5.75 Å². The first kappa shape index (κ1) is 29.4. The van der Waals surface area contributed by atoms with E-state index in [1.165, 1.54) is 17.0 Å². The van der Waals surface area contributed by atoms with Crippen LogP contribution in [0.2, 0.25) is 5.15 Å². The molecule has 3 atom stereocenters. The van der Waals surface area contributed by atoms with Gasteiger partial charge in [-0.05, 0) is 44.3 Å². The number of likely N-dealkylation sites (N-methyl/N-ethyl adjacent to an activating group) is 1. The largest absolute Gasteiger partial charge is 0.489 e. The molecule has 3 aromatic carbocycles. The molecule has 5 rings (SSSR count). The van der Waals surface area contributed by atoms with Gasteiger partial charge in [-0.3, -0.25) is 14.5 Å². The van der Waals surface area contributed by atoms with Crippen LogP contribution in [-0.2, 0) is 19.4 Å². The number of H-pyrrole nitrogens is 1. The molecule has 1 aliphatic heterocycles. The predicted molar refractivity (Wildman–Crippen MR) is 157 cm³/mol. The third-order valence-corrected chi connectivity index (χ3v) is 9.02. The van der Waals surface area contributed by atoms with Gasteiger partial charge in [-0.25, -0.2) is 8.42 Å². The number of hydrogen-bond acceptors (Lipinski definition) is 6. The molecule has 1 aliphatic rings. The van der Waals surface area contributed by atoms with Gasteiger partial charge in [0.05, 0.1) is 16.6 Å². The number of nitrogens with zero attached hydrogens (tertiary/aromatic N) is 1. The topological polar surface area (TPSA) is 121 Å². The van der Waals surface area contributed by atoms with Crippen LogP contribution >= 0.6 is 24.0 Å². The van der Waals surface area contributed by atoms with Crippen LogP contribution in [0.15, 0.2) is 83.8 Å². The number of aromatic nitrogens is 1. The molecule has 2 heterocycles. The Labute approximate surface area is 243 Å². The van der Waals surface area contributed by atoms with Gasteiger partial charge in [0.1, 0.15) is 23.6 Å². The second kappa shape index (κ2) is 11.9. The zero-order valence-electron chi connectivity index (χ0n) is 21.6. The van der Waals surface area contributed by atoms with Crippen LogP contribution in [0.3, 0.4) is 0 Å². The number of carbonyl (C=O) groups excluding carboxylic acids is 2. The number of benzene rings is 3. The number of rotatable bonds is 7. The first-order valence-electron chi connectivity index (χ1n) is 12.3. The van der Waals surface area contributed by atoms with Crippen molar-refractivity contribution in [3.63, 3.8) is 0 Å². The molecular weight excluding hydrogens is 575 g/mol. The Morgan fingerprint density at radius 1 is 1.05 bits per heavy atom. The van der Waals surface area contributed by atoms with Gasteiger partial charge in [0.25, 0.3) is 5.91 Å². The maximum Gasteiger partial charge on any atom is 0.254 e. The lowest BCUT2D eigenvalue weighted by Gasteiger charge is -2.33. The standard InChI is InChI=1S/C28H27ClN4O5S.ClH/c1-17(30-2)26(34)32-21-16-38-23-15-9-8-14-22(23)33(27(21)35)28(39(36,37)18-10-4-3-5-11-18)24-19-12-6-7-13-20(19)31-25(24)29;/h3-15,17,21,28,30-31H,16H2,1-2H3,(H,32,34);1H/t17-,21?,28-;/m0./s1. The van der Waals surface area contributed by atoms with Crippen molar-refractivity contribution in [2.24, 2.45) is 0 Å². The summed E-state index contributed by atoms with van der Waals surface area (Å²) in [6.07, 6.45) is 0. The van der Waals surface area contributed by atoms with Crippen LogP contribution in [0.25, 0.3) is 10.9 Å². The highest BCUT2D eigenvalue weighted by Crippen LogP contribution is 2.45. The van der Waals surface area contributed by atoms with E-state index in [9.17, 15) is 18.0 Å². The molecule has 12 heteroatoms. The normalized spacial score (nSPS) is 16.7. The van der Waals surface area contributed by atoms with Crippen LogP contribution in [0.4, 0.5) is 5.69 Å². The van der Waals surface area contributed by atoms with Crippen LogP contribution in [0, 0.1) is 0 Å². The molecule has 0 radical (unpaired) electrons. The average Bonchev–Trinajstić information content (AvgIpc) is 3.21. The van der Waals surface area contributed by atoms with E-state index in [0.717, 1.165) is 0 Å². The van der Waals surface area contributed by atoms with E-state index in [4.69, 9.17) is 16.3 Å². The van der Waals surface area contributed by atoms with Crippen molar-refractivity contribution in [3.05, 3.63) is 89.6 Å². The molecule has 1 aromatic heterocycles. The number of sulfone groups is 1. The molecule has 40 heavy (non-hydrogen) atoms. The highest BCUT2D eigenvalue weighted by Gasteiger charge is 2.45. The van der Waals surface area contributed by atoms with E-state index in [0.29, 0.717) is 16.7 Å². The van der Waals surface area contributed by atoms with E-state index in [1.54, 1.807) is 80.7 Å². The van der Waals surface area contributed by atoms with Crippen LogP contribution in [0.5, 0.6) is 5.75 Å². The third kappa shape index (κ3) is 5.27. The molecule has 210 valence electrons. The first-order valence-corrected chi connectivity index (χ1v) is 14.2. The number of hydrogen-bond donors (Lipinski definition) is 3. The van der Waals surface area contributed by atoms with Gasteiger partial charge in [-0.1, -0.05) is 60.1 Å². The summed E-state index contributed by atoms with van der Waals surface area (Å²) < 4.78 is 34.9. The highest BCUT2D eigenvalue weighted by atomic mass is 35.5. The molecule has 9 nitrogen and oxygen atoms in total. The van der Waals surface area contributed by atoms with Gasteiger partial charge in [-0.15, -0.1) is 12.4 Å². The summed E-state index contributed by atoms with van der Waals surface area (Å²) in [6.45, 7) is 1.46. The summed E-state index contributed by atoms with van der Waals surface area (Å²) in [6, 6.07) is 19.9. The summed E-state index contributed by atoms with van der Waals surface area (Å²) in [4.78, 5) is 31.3. The van der Waals surface area contributed by atoms with Crippen molar-refractivity contribution < 1.29 is 22.7 Å². The van der Waals surface area contributed by atoms with E-state index >= 15 is 0 Å². The molecule has 0 bridgehead atoms. The Hall–Kier alpha value is -3.57. The fourth-order valence-electron chi connectivity index (χ4n) is 4.62. The fourth-order valence-corrected chi connectivity index (χ4v) is 6.83. The van der Waals surface area contributed by atoms with Crippen LogP contribution in [-0.4, -0.2) is 51.0 Å². The Morgan fingerprint density at radius 2 is 1.70 bits per heavy atom. The van der Waals surface area contributed by atoms with Crippen molar-refractivity contribution in [2.45, 2.75) is 29.3 Å². The zero-order chi connectivity index (χ0) is 27.7. The summed E-state index contributed by atoms with van der Waals surface area (Å²) in [5.74, 6) is -0.783. The number of ether oxygens (including phenoxy) is 1. The molecule has 0 spiro atoms. The number of nitrogens with one attached hydrogen (secondary N) is 3. The molecule has 0 saturated carbocycles. The van der Waals surface area contributed by atoms with E-state index in [1.807, 2.05) is 0 Å². The lowest BCUT2D eigenvalue weighted by molar-refractivity contribution is -0.129. The number of para-hydroxylation sites is 3. The van der Waals surface area contributed by atoms with E-state index < -0.39 is 39.1 Å². The molecule has 1 unspecified atom stereocenters. The maximum absolute atomic E-state index is 14.5. The summed E-state index contributed by atoms with van der Waals surface area (Å²) in [5, 5.41) is 4.60. The second-order valence-corrected chi connectivity index (χ2v) is 11.6. The number of aromatic amines is 1. The molecule has 2 amide bonds. The average molecular weight is 604 g/mol. The van der Waals surface area contributed by atoms with Gasteiger partial charge >= 0.3 is 0 Å². The zero-order valence-corrected chi connectivity index (χ0v) is 24.0. The number of carbonyl (C=O) groups is 2. The van der Waals surface area contributed by atoms with Gasteiger partial charge in [0.15, 0.2) is 5.37 Å². The number of anilines is 1. The number of amides is 2. The Bertz CT molecular complexity index is 1640. The monoisotopic (exact) mass is 602 g/mol. The van der Waals surface area contributed by atoms with Crippen molar-refractivity contribution >= 4 is 62.2 Å². The Morgan fingerprint density at radius 3 is 2.42 bits per heavy atom. The van der Waals surface area contributed by atoms with Crippen molar-refractivity contribution in [1.82, 2.24) is 15.6 Å². The Balaban J connectivity index is 0.00000370. The summed E-state index contributed by atoms with van der Waals surface area (Å²) in [7, 11) is -2.66. The summed E-state index contributed by atoms with van der Waals surface area (Å²) in [5.41, 5.74) is 1.08. The third-order valence-electron chi connectivity index (χ3n) is 6.75. The SMILES string of the molecule is CN[C@@H](C)C(=O)NC1COc2ccccc2N([C@H](c2c(Cl)[nH]c3ccccc23)S(=O)(=O)c2ccccc2)C1=O.Cl. The Kier molecular flexibility index (Phi) is 8.74. The van der Waals surface area contributed by atoms with Gasteiger partial charge in [0, 0.05) is 16.5 Å². The molecular formula is C28H28Cl2N4O5S. The minimum atomic E-state index is -4.28. The smallest absolute Gasteiger partial charge is 0.254 e. The maximum atomic E-state index is 14.5. The van der Waals surface area contributed by atoms with Crippen LogP contribution < -0.4 is 20.3 Å². The molecule has 0 fully saturated rings. The fraction of sp³-hybridized carbons (Fsp3) is 0.214. The number of fused-ring (bicyclic) bond motifs is 2. The highest BCUT2D eigenvalue weighted by molar-refractivity contribution is 7.91. The quantitative estimate of drug-likeness (QED) is 0.291. The lowest BCUT2D eigenvalue weighted by Crippen LogP contribution is -2.55. The molecule has 0 saturated heterocycles. The predicted octanol–water partition coefficient (Wildman–Crippen LogP) is 4.23. The van der Waals surface area contributed by atoms with Crippen LogP contribution in [0.1, 0.15) is 17.9 Å². The minimum absolute atomic E-state index is 0. The lowest BCUT2D eigenvalue weighted by atomic mass is 10.1. The minimum Gasteiger partial charge on any atom is -0.489 e. The molecule has 4 aromatic rings. The summed E-state index contributed by atoms with van der Waals surface area (Å²) >= 11 is 6.70. The van der Waals surface area contributed by atoms with Crippen molar-refractivity contribution in [2.75, 3.05) is 18.6 Å². The van der Waals surface area contributed by atoms with Crippen molar-refractivity contribution in [1.29, 1.82) is 0 Å². The van der Waals surface area contributed by atoms with E-state index in [2.05, 4.69) is 15.6 Å².